The topological polar surface area (TPSA) is 52.7 Å². The molecule has 0 bridgehead atoms. The molecule has 0 aliphatic rings. The Morgan fingerprint density at radius 3 is 2.30 bits per heavy atom. The monoisotopic (exact) mass is 319 g/mol. The van der Waals surface area contributed by atoms with Crippen molar-refractivity contribution >= 4 is 11.8 Å². The number of hydrogen-bond donors (Lipinski definition) is 1. The van der Waals surface area contributed by atoms with E-state index in [1.54, 1.807) is 7.05 Å². The minimum Gasteiger partial charge on any atom is -0.355 e. The number of rotatable bonds is 9. The van der Waals surface area contributed by atoms with Crippen molar-refractivity contribution in [2.24, 2.45) is 0 Å². The molecule has 0 saturated carbocycles. The van der Waals surface area contributed by atoms with Gasteiger partial charge in [0.05, 0.1) is 6.54 Å². The SMILES string of the molecule is CCCCN(CC)C(=O)CN(C)Cc1ccc(C(=O)NC)cc1. The third-order valence-electron chi connectivity index (χ3n) is 3.82. The first-order valence-electron chi connectivity index (χ1n) is 8.29. The van der Waals surface area contributed by atoms with Crippen molar-refractivity contribution in [3.05, 3.63) is 35.4 Å². The van der Waals surface area contributed by atoms with Gasteiger partial charge in [0, 0.05) is 32.2 Å². The van der Waals surface area contributed by atoms with Crippen LogP contribution in [-0.4, -0.2) is 55.3 Å². The Balaban J connectivity index is 2.53. The first-order chi connectivity index (χ1) is 11.0. The molecule has 1 rings (SSSR count). The van der Waals surface area contributed by atoms with Crippen LogP contribution in [-0.2, 0) is 11.3 Å². The molecule has 0 aromatic heterocycles. The first kappa shape index (κ1) is 19.2. The van der Waals surface area contributed by atoms with Crippen LogP contribution in [0.25, 0.3) is 0 Å². The van der Waals surface area contributed by atoms with Crippen molar-refractivity contribution in [2.75, 3.05) is 33.7 Å². The predicted molar refractivity (Wildman–Crippen MR) is 93.3 cm³/mol. The van der Waals surface area contributed by atoms with Gasteiger partial charge in [0.25, 0.3) is 5.91 Å². The van der Waals surface area contributed by atoms with Crippen molar-refractivity contribution in [1.82, 2.24) is 15.1 Å². The number of carbonyl (C=O) groups is 2. The Morgan fingerprint density at radius 1 is 1.13 bits per heavy atom. The second kappa shape index (κ2) is 10.0. The van der Waals surface area contributed by atoms with Gasteiger partial charge in [-0.2, -0.15) is 0 Å². The Labute approximate surface area is 139 Å². The number of nitrogens with one attached hydrogen (secondary N) is 1. The Bertz CT molecular complexity index is 499. The Hall–Kier alpha value is -1.88. The minimum atomic E-state index is -0.0883. The zero-order chi connectivity index (χ0) is 17.2. The van der Waals surface area contributed by atoms with Gasteiger partial charge >= 0.3 is 0 Å². The maximum atomic E-state index is 12.3. The lowest BCUT2D eigenvalue weighted by Crippen LogP contribution is -2.39. The molecule has 1 aromatic rings. The molecule has 0 aliphatic heterocycles. The molecule has 0 aliphatic carbocycles. The summed E-state index contributed by atoms with van der Waals surface area (Å²) in [5.74, 6) is 0.0834. The normalized spacial score (nSPS) is 10.7. The van der Waals surface area contributed by atoms with Gasteiger partial charge < -0.3 is 10.2 Å². The summed E-state index contributed by atoms with van der Waals surface area (Å²) in [5, 5.41) is 2.60. The molecule has 0 unspecified atom stereocenters. The van der Waals surface area contributed by atoms with E-state index in [2.05, 4.69) is 12.2 Å². The molecule has 0 radical (unpaired) electrons. The van der Waals surface area contributed by atoms with Gasteiger partial charge in [-0.15, -0.1) is 0 Å². The number of carbonyl (C=O) groups excluding carboxylic acids is 2. The average molecular weight is 319 g/mol. The van der Waals surface area contributed by atoms with E-state index in [9.17, 15) is 9.59 Å². The minimum absolute atomic E-state index is 0.0883. The molecule has 5 nitrogen and oxygen atoms in total. The van der Waals surface area contributed by atoms with Gasteiger partial charge in [-0.25, -0.2) is 0 Å². The van der Waals surface area contributed by atoms with E-state index in [0.29, 0.717) is 18.7 Å². The maximum absolute atomic E-state index is 12.3. The fourth-order valence-electron chi connectivity index (χ4n) is 2.41. The van der Waals surface area contributed by atoms with Gasteiger partial charge in [0.2, 0.25) is 5.91 Å². The van der Waals surface area contributed by atoms with Crippen LogP contribution in [0, 0.1) is 0 Å². The molecular weight excluding hydrogens is 290 g/mol. The van der Waals surface area contributed by atoms with E-state index >= 15 is 0 Å². The molecule has 0 heterocycles. The van der Waals surface area contributed by atoms with Crippen LogP contribution in [0.4, 0.5) is 0 Å². The van der Waals surface area contributed by atoms with Crippen LogP contribution in [0.1, 0.15) is 42.6 Å². The standard InChI is InChI=1S/C18H29N3O2/c1-5-7-12-21(6-2)17(22)14-20(4)13-15-8-10-16(11-9-15)18(23)19-3/h8-11H,5-7,12-14H2,1-4H3,(H,19,23). The molecule has 23 heavy (non-hydrogen) atoms. The summed E-state index contributed by atoms with van der Waals surface area (Å²) in [7, 11) is 3.56. The fourth-order valence-corrected chi connectivity index (χ4v) is 2.41. The summed E-state index contributed by atoms with van der Waals surface area (Å²) in [5.41, 5.74) is 1.73. The van der Waals surface area contributed by atoms with E-state index in [-0.39, 0.29) is 11.8 Å². The maximum Gasteiger partial charge on any atom is 0.251 e. The summed E-state index contributed by atoms with van der Waals surface area (Å²) in [6.07, 6.45) is 2.14. The molecule has 0 spiro atoms. The van der Waals surface area contributed by atoms with Crippen molar-refractivity contribution < 1.29 is 9.59 Å². The third kappa shape index (κ3) is 6.40. The second-order valence-electron chi connectivity index (χ2n) is 5.78. The van der Waals surface area contributed by atoms with Gasteiger partial charge in [-0.1, -0.05) is 25.5 Å². The highest BCUT2D eigenvalue weighted by Gasteiger charge is 2.13. The summed E-state index contributed by atoms with van der Waals surface area (Å²) < 4.78 is 0. The van der Waals surface area contributed by atoms with Crippen molar-refractivity contribution in [1.29, 1.82) is 0 Å². The molecule has 5 heteroatoms. The highest BCUT2D eigenvalue weighted by Crippen LogP contribution is 2.07. The van der Waals surface area contributed by atoms with Gasteiger partial charge in [-0.3, -0.25) is 14.5 Å². The predicted octanol–water partition coefficient (Wildman–Crippen LogP) is 2.13. The van der Waals surface area contributed by atoms with Crippen LogP contribution in [0.5, 0.6) is 0 Å². The zero-order valence-electron chi connectivity index (χ0n) is 14.8. The average Bonchev–Trinajstić information content (AvgIpc) is 2.55. The number of likely N-dealkylation sites (N-methyl/N-ethyl adjacent to an activating group) is 2. The molecule has 0 fully saturated rings. The lowest BCUT2D eigenvalue weighted by Gasteiger charge is -2.24. The summed E-state index contributed by atoms with van der Waals surface area (Å²) >= 11 is 0. The lowest BCUT2D eigenvalue weighted by molar-refractivity contribution is -0.132. The fraction of sp³-hybridized carbons (Fsp3) is 0.556. The van der Waals surface area contributed by atoms with Crippen molar-refractivity contribution in [3.63, 3.8) is 0 Å². The molecule has 128 valence electrons. The quantitative estimate of drug-likeness (QED) is 0.758. The molecular formula is C18H29N3O2. The van der Waals surface area contributed by atoms with E-state index < -0.39 is 0 Å². The van der Waals surface area contributed by atoms with Crippen LogP contribution in [0.3, 0.4) is 0 Å². The van der Waals surface area contributed by atoms with E-state index in [1.807, 2.05) is 48.0 Å². The summed E-state index contributed by atoms with van der Waals surface area (Å²) in [6, 6.07) is 7.48. The van der Waals surface area contributed by atoms with Crippen LogP contribution in [0.2, 0.25) is 0 Å². The smallest absolute Gasteiger partial charge is 0.251 e. The number of benzene rings is 1. The first-order valence-corrected chi connectivity index (χ1v) is 8.29. The lowest BCUT2D eigenvalue weighted by atomic mass is 10.1. The highest BCUT2D eigenvalue weighted by atomic mass is 16.2. The number of hydrogen-bond acceptors (Lipinski definition) is 3. The highest BCUT2D eigenvalue weighted by molar-refractivity contribution is 5.93. The number of nitrogens with zero attached hydrogens (tertiary/aromatic N) is 2. The second-order valence-corrected chi connectivity index (χ2v) is 5.78. The number of amides is 2. The summed E-state index contributed by atoms with van der Waals surface area (Å²) in [6.45, 7) is 6.84. The van der Waals surface area contributed by atoms with Gasteiger partial charge in [0.15, 0.2) is 0 Å². The summed E-state index contributed by atoms with van der Waals surface area (Å²) in [4.78, 5) is 27.7. The van der Waals surface area contributed by atoms with E-state index in [4.69, 9.17) is 0 Å². The van der Waals surface area contributed by atoms with Crippen LogP contribution < -0.4 is 5.32 Å². The Morgan fingerprint density at radius 2 is 1.78 bits per heavy atom. The van der Waals surface area contributed by atoms with Gasteiger partial charge in [-0.05, 0) is 38.1 Å². The zero-order valence-corrected chi connectivity index (χ0v) is 14.8. The number of unbranched alkanes of at least 4 members (excludes halogenated alkanes) is 1. The Kier molecular flexibility index (Phi) is 8.33. The van der Waals surface area contributed by atoms with E-state index in [1.165, 1.54) is 0 Å². The van der Waals surface area contributed by atoms with E-state index in [0.717, 1.165) is 31.5 Å². The van der Waals surface area contributed by atoms with Crippen LogP contribution in [0.15, 0.2) is 24.3 Å². The van der Waals surface area contributed by atoms with Gasteiger partial charge in [0.1, 0.15) is 0 Å². The van der Waals surface area contributed by atoms with Crippen molar-refractivity contribution in [3.8, 4) is 0 Å². The largest absolute Gasteiger partial charge is 0.355 e. The molecule has 2 amide bonds. The molecule has 1 N–H and O–H groups in total. The van der Waals surface area contributed by atoms with Crippen LogP contribution >= 0.6 is 0 Å². The molecule has 1 aromatic carbocycles. The third-order valence-corrected chi connectivity index (χ3v) is 3.82. The molecule has 0 atom stereocenters. The van der Waals surface area contributed by atoms with Crippen molar-refractivity contribution in [2.45, 2.75) is 33.2 Å². The molecule has 0 saturated heterocycles.